The van der Waals surface area contributed by atoms with Crippen molar-refractivity contribution in [1.82, 2.24) is 4.90 Å². The van der Waals surface area contributed by atoms with Gasteiger partial charge in [-0.1, -0.05) is 22.0 Å². The number of nitrogens with zero attached hydrogens (tertiary/aromatic N) is 3. The van der Waals surface area contributed by atoms with Crippen LogP contribution in [0.3, 0.4) is 0 Å². The minimum Gasteiger partial charge on any atom is -0.457 e. The van der Waals surface area contributed by atoms with E-state index in [2.05, 4.69) is 21.0 Å². The van der Waals surface area contributed by atoms with E-state index >= 15 is 0 Å². The molecule has 0 atom stereocenters. The first kappa shape index (κ1) is 20.1. The van der Waals surface area contributed by atoms with Gasteiger partial charge in [-0.15, -0.1) is 0 Å². The molecule has 32 heavy (non-hydrogen) atoms. The maximum atomic E-state index is 12.9. The zero-order valence-corrected chi connectivity index (χ0v) is 18.7. The topological polar surface area (TPSA) is 83.2 Å². The minimum absolute atomic E-state index is 0.243. The van der Waals surface area contributed by atoms with Crippen molar-refractivity contribution in [3.63, 3.8) is 0 Å². The summed E-state index contributed by atoms with van der Waals surface area (Å²) in [5.74, 6) is 0.116. The Morgan fingerprint density at radius 1 is 0.906 bits per heavy atom. The number of hydrazone groups is 1. The minimum atomic E-state index is -0.336. The van der Waals surface area contributed by atoms with E-state index < -0.39 is 0 Å². The Morgan fingerprint density at radius 2 is 1.62 bits per heavy atom. The average molecular weight is 490 g/mol. The molecule has 1 aromatic heterocycles. The van der Waals surface area contributed by atoms with Crippen molar-refractivity contribution in [1.29, 1.82) is 0 Å². The molecule has 0 fully saturated rings. The summed E-state index contributed by atoms with van der Waals surface area (Å²) in [6, 6.07) is 15.8. The van der Waals surface area contributed by atoms with Gasteiger partial charge in [-0.05, 0) is 61.5 Å². The summed E-state index contributed by atoms with van der Waals surface area (Å²) >= 11 is 3.38. The van der Waals surface area contributed by atoms with Gasteiger partial charge in [0.15, 0.2) is 0 Å². The van der Waals surface area contributed by atoms with E-state index in [4.69, 9.17) is 4.42 Å². The fraction of sp³-hybridized carbons (Fsp3) is 0.0833. The van der Waals surface area contributed by atoms with Crippen molar-refractivity contribution in [2.24, 2.45) is 5.10 Å². The molecule has 2 aliphatic heterocycles. The molecule has 2 aliphatic rings. The van der Waals surface area contributed by atoms with Crippen LogP contribution in [0.5, 0.6) is 0 Å². The van der Waals surface area contributed by atoms with Crippen LogP contribution in [0.1, 0.15) is 33.4 Å². The molecule has 0 saturated heterocycles. The lowest BCUT2D eigenvalue weighted by atomic mass is 10.0. The number of halogens is 1. The van der Waals surface area contributed by atoms with Gasteiger partial charge >= 0.3 is 0 Å². The zero-order valence-electron chi connectivity index (χ0n) is 17.1. The summed E-state index contributed by atoms with van der Waals surface area (Å²) in [6.07, 6.45) is 1.65. The van der Waals surface area contributed by atoms with Crippen LogP contribution in [0, 0.1) is 0 Å². The molecule has 5 rings (SSSR count). The highest BCUT2D eigenvalue weighted by Gasteiger charge is 2.33. The Bertz CT molecular complexity index is 1370. The number of imide groups is 1. The third-order valence-corrected chi connectivity index (χ3v) is 5.95. The van der Waals surface area contributed by atoms with Crippen LogP contribution < -0.4 is 5.01 Å². The first-order valence-electron chi connectivity index (χ1n) is 9.77. The molecule has 0 spiro atoms. The van der Waals surface area contributed by atoms with E-state index in [-0.39, 0.29) is 17.7 Å². The Labute approximate surface area is 191 Å². The first-order chi connectivity index (χ1) is 15.3. The van der Waals surface area contributed by atoms with E-state index in [1.54, 1.807) is 43.3 Å². The number of hydrogen-bond donors (Lipinski definition) is 0. The predicted octanol–water partition coefficient (Wildman–Crippen LogP) is 4.74. The van der Waals surface area contributed by atoms with Gasteiger partial charge in [0, 0.05) is 17.1 Å². The van der Waals surface area contributed by atoms with Crippen molar-refractivity contribution < 1.29 is 18.8 Å². The third kappa shape index (κ3) is 3.20. The third-order valence-electron chi connectivity index (χ3n) is 5.42. The van der Waals surface area contributed by atoms with Crippen molar-refractivity contribution in [2.75, 3.05) is 12.1 Å². The number of benzene rings is 2. The smallest absolute Gasteiger partial charge is 0.280 e. The molecule has 3 aromatic rings. The second-order valence-electron chi connectivity index (χ2n) is 7.47. The van der Waals surface area contributed by atoms with Gasteiger partial charge in [0.1, 0.15) is 11.5 Å². The van der Waals surface area contributed by atoms with Gasteiger partial charge in [-0.2, -0.15) is 10.1 Å². The lowest BCUT2D eigenvalue weighted by Gasteiger charge is -2.11. The Balaban J connectivity index is 1.43. The number of fused-ring (bicyclic) bond motifs is 1. The summed E-state index contributed by atoms with van der Waals surface area (Å²) < 4.78 is 6.83. The molecular weight excluding hydrogens is 474 g/mol. The van der Waals surface area contributed by atoms with E-state index in [1.165, 1.54) is 12.1 Å². The van der Waals surface area contributed by atoms with Gasteiger partial charge in [0.2, 0.25) is 0 Å². The van der Waals surface area contributed by atoms with Crippen LogP contribution in [0.25, 0.3) is 17.4 Å². The molecule has 0 bridgehead atoms. The number of carbonyl (C=O) groups is 3. The van der Waals surface area contributed by atoms with Crippen molar-refractivity contribution in [2.45, 2.75) is 6.92 Å². The Hall–Kier alpha value is -3.78. The van der Waals surface area contributed by atoms with E-state index in [0.717, 1.165) is 9.37 Å². The summed E-state index contributed by atoms with van der Waals surface area (Å²) in [7, 11) is 1.46. The molecule has 158 valence electrons. The van der Waals surface area contributed by atoms with Crippen LogP contribution in [-0.2, 0) is 4.79 Å². The summed E-state index contributed by atoms with van der Waals surface area (Å²) in [4.78, 5) is 38.4. The SMILES string of the molecule is CC1=NN(c2ccc(Br)cc2)C(=O)/C1=C/c1ccc(-c2ccc3c(c2)C(=O)N(C)C3=O)o1. The molecule has 0 radical (unpaired) electrons. The molecule has 3 amide bonds. The first-order valence-corrected chi connectivity index (χ1v) is 10.6. The maximum absolute atomic E-state index is 12.9. The number of anilines is 1. The summed E-state index contributed by atoms with van der Waals surface area (Å²) in [5.41, 5.74) is 3.09. The highest BCUT2D eigenvalue weighted by atomic mass is 79.9. The molecule has 0 N–H and O–H groups in total. The number of rotatable bonds is 3. The molecule has 3 heterocycles. The van der Waals surface area contributed by atoms with E-state index in [1.807, 2.05) is 24.3 Å². The standard InChI is InChI=1S/C24H16BrN3O4/c1-13-19(24(31)28(26-13)16-6-4-15(25)5-7-16)12-17-8-10-21(32-17)14-3-9-18-20(11-14)23(30)27(2)22(18)29/h3-12H,1-2H3/b19-12+. The molecule has 7 nitrogen and oxygen atoms in total. The quantitative estimate of drug-likeness (QED) is 0.392. The summed E-state index contributed by atoms with van der Waals surface area (Å²) in [6.45, 7) is 1.77. The molecular formula is C24H16BrN3O4. The van der Waals surface area contributed by atoms with Crippen LogP contribution in [-0.4, -0.2) is 35.4 Å². The van der Waals surface area contributed by atoms with Crippen molar-refractivity contribution in [3.05, 3.63) is 81.5 Å². The zero-order chi connectivity index (χ0) is 22.6. The van der Waals surface area contributed by atoms with Crippen LogP contribution in [0.15, 0.2) is 74.2 Å². The molecule has 8 heteroatoms. The molecule has 2 aromatic carbocycles. The highest BCUT2D eigenvalue weighted by Crippen LogP contribution is 2.31. The van der Waals surface area contributed by atoms with Gasteiger partial charge in [0.25, 0.3) is 17.7 Å². The second-order valence-corrected chi connectivity index (χ2v) is 8.38. The highest BCUT2D eigenvalue weighted by molar-refractivity contribution is 9.10. The predicted molar refractivity (Wildman–Crippen MR) is 123 cm³/mol. The maximum Gasteiger partial charge on any atom is 0.280 e. The fourth-order valence-electron chi connectivity index (χ4n) is 3.68. The van der Waals surface area contributed by atoms with E-state index in [9.17, 15) is 14.4 Å². The fourth-order valence-corrected chi connectivity index (χ4v) is 3.95. The van der Waals surface area contributed by atoms with E-state index in [0.29, 0.717) is 45.2 Å². The summed E-state index contributed by atoms with van der Waals surface area (Å²) in [5, 5.41) is 5.73. The molecule has 0 saturated carbocycles. The average Bonchev–Trinajstić information content (AvgIpc) is 3.43. The van der Waals surface area contributed by atoms with Crippen molar-refractivity contribution >= 4 is 51.1 Å². The lowest BCUT2D eigenvalue weighted by Crippen LogP contribution is -2.24. The Morgan fingerprint density at radius 3 is 2.38 bits per heavy atom. The van der Waals surface area contributed by atoms with Gasteiger partial charge in [-0.3, -0.25) is 19.3 Å². The van der Waals surface area contributed by atoms with Crippen LogP contribution in [0.4, 0.5) is 5.69 Å². The van der Waals surface area contributed by atoms with Crippen LogP contribution in [0.2, 0.25) is 0 Å². The number of hydrogen-bond acceptors (Lipinski definition) is 5. The normalized spacial score (nSPS) is 16.9. The van der Waals surface area contributed by atoms with Gasteiger partial charge < -0.3 is 4.42 Å². The monoisotopic (exact) mass is 489 g/mol. The number of amides is 3. The lowest BCUT2D eigenvalue weighted by molar-refractivity contribution is -0.114. The van der Waals surface area contributed by atoms with Gasteiger partial charge in [0.05, 0.1) is 28.1 Å². The Kier molecular flexibility index (Phi) is 4.67. The van der Waals surface area contributed by atoms with Crippen LogP contribution >= 0.6 is 15.9 Å². The number of furan rings is 1. The second kappa shape index (κ2) is 7.42. The molecule has 0 unspecified atom stereocenters. The van der Waals surface area contributed by atoms with Gasteiger partial charge in [-0.25, -0.2) is 0 Å². The molecule has 0 aliphatic carbocycles. The number of carbonyl (C=O) groups excluding carboxylic acids is 3. The van der Waals surface area contributed by atoms with Crippen molar-refractivity contribution in [3.8, 4) is 11.3 Å². The largest absolute Gasteiger partial charge is 0.457 e.